The molecule has 0 spiro atoms. The van der Waals surface area contributed by atoms with E-state index in [-0.39, 0.29) is 0 Å². The third-order valence-corrected chi connectivity index (χ3v) is 1.42. The summed E-state index contributed by atoms with van der Waals surface area (Å²) in [5.74, 6) is 0.922. The van der Waals surface area contributed by atoms with Gasteiger partial charge in [0.25, 0.3) is 0 Å². The Morgan fingerprint density at radius 3 is 2.64 bits per heavy atom. The van der Waals surface area contributed by atoms with Gasteiger partial charge in [-0.25, -0.2) is 0 Å². The van der Waals surface area contributed by atoms with Gasteiger partial charge in [-0.1, -0.05) is 24.3 Å². The van der Waals surface area contributed by atoms with Crippen molar-refractivity contribution in [2.45, 2.75) is 13.8 Å². The van der Waals surface area contributed by atoms with E-state index in [4.69, 9.17) is 4.74 Å². The Hall–Kier alpha value is -1.24. The molecule has 1 aromatic rings. The first-order valence-electron chi connectivity index (χ1n) is 3.68. The molecule has 0 bridgehead atoms. The lowest BCUT2D eigenvalue weighted by molar-refractivity contribution is 0.476. The van der Waals surface area contributed by atoms with Crippen LogP contribution in [-0.4, -0.2) is 0 Å². The molecule has 0 aliphatic carbocycles. The Morgan fingerprint density at radius 1 is 1.27 bits per heavy atom. The van der Waals surface area contributed by atoms with Crippen LogP contribution in [0.2, 0.25) is 0 Å². The molecule has 0 radical (unpaired) electrons. The van der Waals surface area contributed by atoms with E-state index in [1.165, 1.54) is 0 Å². The molecule has 0 amide bonds. The monoisotopic (exact) mass is 148 g/mol. The average Bonchev–Trinajstić information content (AvgIpc) is 2.03. The first-order valence-corrected chi connectivity index (χ1v) is 3.68. The molecule has 0 saturated carbocycles. The van der Waals surface area contributed by atoms with Crippen molar-refractivity contribution < 1.29 is 4.74 Å². The highest BCUT2D eigenvalue weighted by Gasteiger charge is 1.92. The second-order valence-electron chi connectivity index (χ2n) is 2.35. The Bertz CT molecular complexity index is 251. The van der Waals surface area contributed by atoms with Crippen molar-refractivity contribution in [1.29, 1.82) is 0 Å². The number of rotatable bonds is 2. The third-order valence-electron chi connectivity index (χ3n) is 1.42. The Kier molecular flexibility index (Phi) is 2.73. The van der Waals surface area contributed by atoms with Crippen LogP contribution in [0.3, 0.4) is 0 Å². The normalized spacial score (nSPS) is 10.4. The van der Waals surface area contributed by atoms with Crippen molar-refractivity contribution >= 4 is 0 Å². The summed E-state index contributed by atoms with van der Waals surface area (Å²) in [6.07, 6.45) is 3.55. The fourth-order valence-electron chi connectivity index (χ4n) is 0.830. The van der Waals surface area contributed by atoms with Crippen molar-refractivity contribution in [3.8, 4) is 5.75 Å². The van der Waals surface area contributed by atoms with Crippen LogP contribution < -0.4 is 4.74 Å². The average molecular weight is 148 g/mol. The summed E-state index contributed by atoms with van der Waals surface area (Å²) >= 11 is 0. The van der Waals surface area contributed by atoms with Crippen molar-refractivity contribution in [2.75, 3.05) is 0 Å². The fraction of sp³-hybridized carbons (Fsp3) is 0.200. The van der Waals surface area contributed by atoms with Gasteiger partial charge in [0.2, 0.25) is 0 Å². The van der Waals surface area contributed by atoms with E-state index in [2.05, 4.69) is 0 Å². The Balaban J connectivity index is 2.77. The minimum absolute atomic E-state index is 0.922. The van der Waals surface area contributed by atoms with Gasteiger partial charge in [-0.3, -0.25) is 0 Å². The van der Waals surface area contributed by atoms with Gasteiger partial charge in [0, 0.05) is 0 Å². The predicted octanol–water partition coefficient (Wildman–Crippen LogP) is 2.91. The van der Waals surface area contributed by atoms with Gasteiger partial charge in [0.1, 0.15) is 5.75 Å². The molecule has 0 fully saturated rings. The van der Waals surface area contributed by atoms with Gasteiger partial charge in [-0.2, -0.15) is 0 Å². The molecule has 0 unspecified atom stereocenters. The fourth-order valence-corrected chi connectivity index (χ4v) is 0.830. The van der Waals surface area contributed by atoms with Crippen LogP contribution in [0.25, 0.3) is 0 Å². The maximum Gasteiger partial charge on any atom is 0.129 e. The van der Waals surface area contributed by atoms with E-state index < -0.39 is 0 Å². The number of hydrogen-bond donors (Lipinski definition) is 0. The summed E-state index contributed by atoms with van der Waals surface area (Å²) in [5, 5.41) is 0. The molecular weight excluding hydrogens is 136 g/mol. The lowest BCUT2D eigenvalue weighted by Crippen LogP contribution is -1.83. The summed E-state index contributed by atoms with van der Waals surface area (Å²) in [6.45, 7) is 3.96. The summed E-state index contributed by atoms with van der Waals surface area (Å²) in [4.78, 5) is 0. The lowest BCUT2D eigenvalue weighted by Gasteiger charge is -2.01. The highest BCUT2D eigenvalue weighted by Crippen LogP contribution is 2.15. The summed E-state index contributed by atoms with van der Waals surface area (Å²) in [7, 11) is 0. The number of hydrogen-bond acceptors (Lipinski definition) is 1. The van der Waals surface area contributed by atoms with E-state index >= 15 is 0 Å². The summed E-state index contributed by atoms with van der Waals surface area (Å²) in [5.41, 5.74) is 1.16. The van der Waals surface area contributed by atoms with Crippen molar-refractivity contribution in [2.24, 2.45) is 0 Å². The van der Waals surface area contributed by atoms with Crippen LogP contribution in [0.15, 0.2) is 36.6 Å². The van der Waals surface area contributed by atoms with Crippen molar-refractivity contribution in [1.82, 2.24) is 0 Å². The number of benzene rings is 1. The van der Waals surface area contributed by atoms with Crippen LogP contribution in [0.5, 0.6) is 5.75 Å². The van der Waals surface area contributed by atoms with Crippen molar-refractivity contribution in [3.05, 3.63) is 42.2 Å². The van der Waals surface area contributed by atoms with Gasteiger partial charge in [-0.15, -0.1) is 0 Å². The largest absolute Gasteiger partial charge is 0.465 e. The number of para-hydroxylation sites is 1. The quantitative estimate of drug-likeness (QED) is 0.586. The predicted molar refractivity (Wildman–Crippen MR) is 46.6 cm³/mol. The third kappa shape index (κ3) is 2.11. The van der Waals surface area contributed by atoms with Crippen LogP contribution >= 0.6 is 0 Å². The SMILES string of the molecule is C/C=C/Oc1ccccc1C. The molecule has 1 rings (SSSR count). The molecule has 1 aromatic carbocycles. The molecule has 0 aromatic heterocycles. The highest BCUT2D eigenvalue weighted by molar-refractivity contribution is 5.32. The zero-order valence-corrected chi connectivity index (χ0v) is 6.87. The molecule has 0 saturated heterocycles. The first-order chi connectivity index (χ1) is 5.34. The molecule has 0 heterocycles. The maximum atomic E-state index is 5.31. The number of aryl methyl sites for hydroxylation is 1. The minimum Gasteiger partial charge on any atom is -0.465 e. The molecule has 58 valence electrons. The first kappa shape index (κ1) is 7.86. The van der Waals surface area contributed by atoms with Crippen molar-refractivity contribution in [3.63, 3.8) is 0 Å². The van der Waals surface area contributed by atoms with Crippen LogP contribution in [0.4, 0.5) is 0 Å². The van der Waals surface area contributed by atoms with E-state index in [9.17, 15) is 0 Å². The van der Waals surface area contributed by atoms with Gasteiger partial charge >= 0.3 is 0 Å². The molecule has 11 heavy (non-hydrogen) atoms. The Morgan fingerprint density at radius 2 is 2.00 bits per heavy atom. The van der Waals surface area contributed by atoms with Gasteiger partial charge in [0.05, 0.1) is 6.26 Å². The second-order valence-corrected chi connectivity index (χ2v) is 2.35. The zero-order valence-electron chi connectivity index (χ0n) is 6.87. The van der Waals surface area contributed by atoms with E-state index in [1.807, 2.05) is 44.2 Å². The van der Waals surface area contributed by atoms with Crippen LogP contribution in [0.1, 0.15) is 12.5 Å². The summed E-state index contributed by atoms with van der Waals surface area (Å²) < 4.78 is 5.31. The molecule has 1 heteroatoms. The standard InChI is InChI=1S/C10H12O/c1-3-8-11-10-7-5-4-6-9(10)2/h3-8H,1-2H3/b8-3+. The lowest BCUT2D eigenvalue weighted by atomic mass is 10.2. The molecule has 0 aliphatic heterocycles. The molecular formula is C10H12O. The van der Waals surface area contributed by atoms with E-state index in [1.54, 1.807) is 6.26 Å². The van der Waals surface area contributed by atoms with E-state index in [0.29, 0.717) is 0 Å². The maximum absolute atomic E-state index is 5.31. The zero-order chi connectivity index (χ0) is 8.10. The molecule has 0 aliphatic rings. The summed E-state index contributed by atoms with van der Waals surface area (Å²) in [6, 6.07) is 7.94. The molecule has 1 nitrogen and oxygen atoms in total. The number of ether oxygens (including phenoxy) is 1. The van der Waals surface area contributed by atoms with Gasteiger partial charge in [-0.05, 0) is 25.5 Å². The highest BCUT2D eigenvalue weighted by atomic mass is 16.5. The van der Waals surface area contributed by atoms with Gasteiger partial charge in [0.15, 0.2) is 0 Å². The number of allylic oxidation sites excluding steroid dienone is 1. The van der Waals surface area contributed by atoms with Crippen LogP contribution in [-0.2, 0) is 0 Å². The van der Waals surface area contributed by atoms with E-state index in [0.717, 1.165) is 11.3 Å². The molecule has 0 atom stereocenters. The topological polar surface area (TPSA) is 9.23 Å². The second kappa shape index (κ2) is 3.81. The smallest absolute Gasteiger partial charge is 0.129 e. The molecule has 0 N–H and O–H groups in total. The minimum atomic E-state index is 0.922. The Labute approximate surface area is 67.3 Å². The van der Waals surface area contributed by atoms with Crippen LogP contribution in [0, 0.1) is 6.92 Å². The van der Waals surface area contributed by atoms with Gasteiger partial charge < -0.3 is 4.74 Å².